The average molecular weight is 398 g/mol. The van der Waals surface area contributed by atoms with Gasteiger partial charge in [0.1, 0.15) is 5.82 Å². The Bertz CT molecular complexity index is 775. The minimum atomic E-state index is -0.278. The van der Waals surface area contributed by atoms with Crippen molar-refractivity contribution in [2.75, 3.05) is 39.3 Å². The lowest BCUT2D eigenvalue weighted by Crippen LogP contribution is -2.50. The average Bonchev–Trinajstić information content (AvgIpc) is 2.76. The van der Waals surface area contributed by atoms with Crippen LogP contribution >= 0.6 is 0 Å². The van der Waals surface area contributed by atoms with E-state index in [0.29, 0.717) is 18.5 Å². The molecule has 2 atom stereocenters. The molecule has 2 aromatic rings. The summed E-state index contributed by atoms with van der Waals surface area (Å²) in [5, 5.41) is 3.13. The number of carbonyl (C=O) groups is 1. The number of hydrogen-bond acceptors (Lipinski definition) is 3. The van der Waals surface area contributed by atoms with E-state index in [4.69, 9.17) is 0 Å². The van der Waals surface area contributed by atoms with Crippen molar-refractivity contribution >= 4 is 5.91 Å². The molecule has 1 aliphatic rings. The Morgan fingerprint density at radius 2 is 1.69 bits per heavy atom. The SMILES string of the molecule is CCN1CCN(C(CNC(=O)C(C)Cc2ccccc2F)c2ccccc2)CC1. The zero-order valence-corrected chi connectivity index (χ0v) is 17.5. The summed E-state index contributed by atoms with van der Waals surface area (Å²) < 4.78 is 13.9. The van der Waals surface area contributed by atoms with Gasteiger partial charge in [-0.25, -0.2) is 4.39 Å². The van der Waals surface area contributed by atoms with E-state index < -0.39 is 0 Å². The standard InChI is InChI=1S/C24H32FN3O/c1-3-27-13-15-28(16-14-27)23(20-9-5-4-6-10-20)18-26-24(29)19(2)17-21-11-7-8-12-22(21)25/h4-12,19,23H,3,13-18H2,1-2H3,(H,26,29). The zero-order valence-electron chi connectivity index (χ0n) is 17.5. The van der Waals surface area contributed by atoms with Crippen molar-refractivity contribution in [1.29, 1.82) is 0 Å². The number of hydrogen-bond donors (Lipinski definition) is 1. The van der Waals surface area contributed by atoms with Crippen LogP contribution in [0.2, 0.25) is 0 Å². The highest BCUT2D eigenvalue weighted by Crippen LogP contribution is 2.22. The van der Waals surface area contributed by atoms with Gasteiger partial charge in [-0.2, -0.15) is 0 Å². The fourth-order valence-corrected chi connectivity index (χ4v) is 3.98. The number of carbonyl (C=O) groups excluding carboxylic acids is 1. The first-order valence-corrected chi connectivity index (χ1v) is 10.6. The molecule has 0 spiro atoms. The molecule has 4 nitrogen and oxygen atoms in total. The van der Waals surface area contributed by atoms with E-state index in [1.807, 2.05) is 31.2 Å². The van der Waals surface area contributed by atoms with Gasteiger partial charge in [0.05, 0.1) is 6.04 Å². The third kappa shape index (κ3) is 5.87. The molecule has 2 unspecified atom stereocenters. The van der Waals surface area contributed by atoms with Gasteiger partial charge in [0.25, 0.3) is 0 Å². The quantitative estimate of drug-likeness (QED) is 0.741. The summed E-state index contributed by atoms with van der Waals surface area (Å²) in [7, 11) is 0. The van der Waals surface area contributed by atoms with E-state index in [1.165, 1.54) is 11.6 Å². The molecule has 156 valence electrons. The molecule has 0 radical (unpaired) electrons. The highest BCUT2D eigenvalue weighted by molar-refractivity contribution is 5.78. The molecule has 1 N–H and O–H groups in total. The summed E-state index contributed by atoms with van der Waals surface area (Å²) in [4.78, 5) is 17.6. The topological polar surface area (TPSA) is 35.6 Å². The number of benzene rings is 2. The second-order valence-corrected chi connectivity index (χ2v) is 7.84. The number of rotatable bonds is 8. The Balaban J connectivity index is 1.62. The van der Waals surface area contributed by atoms with E-state index in [2.05, 4.69) is 34.2 Å². The maximum Gasteiger partial charge on any atom is 0.223 e. The first kappa shape index (κ1) is 21.5. The molecular formula is C24H32FN3O. The van der Waals surface area contributed by atoms with Crippen LogP contribution in [-0.2, 0) is 11.2 Å². The fraction of sp³-hybridized carbons (Fsp3) is 0.458. The Labute approximate surface area is 173 Å². The number of halogens is 1. The number of nitrogens with zero attached hydrogens (tertiary/aromatic N) is 2. The van der Waals surface area contributed by atoms with Crippen LogP contribution in [0.3, 0.4) is 0 Å². The molecular weight excluding hydrogens is 365 g/mol. The van der Waals surface area contributed by atoms with Gasteiger partial charge in [-0.15, -0.1) is 0 Å². The second-order valence-electron chi connectivity index (χ2n) is 7.84. The van der Waals surface area contributed by atoms with Crippen molar-refractivity contribution in [2.24, 2.45) is 5.92 Å². The molecule has 2 aromatic carbocycles. The van der Waals surface area contributed by atoms with E-state index in [-0.39, 0.29) is 23.7 Å². The van der Waals surface area contributed by atoms with Gasteiger partial charge >= 0.3 is 0 Å². The van der Waals surface area contributed by atoms with Crippen LogP contribution in [-0.4, -0.2) is 55.0 Å². The van der Waals surface area contributed by atoms with E-state index in [9.17, 15) is 9.18 Å². The lowest BCUT2D eigenvalue weighted by Gasteiger charge is -2.39. The smallest absolute Gasteiger partial charge is 0.223 e. The molecule has 1 saturated heterocycles. The van der Waals surface area contributed by atoms with Crippen LogP contribution in [0.1, 0.15) is 31.0 Å². The van der Waals surface area contributed by atoms with E-state index >= 15 is 0 Å². The summed E-state index contributed by atoms with van der Waals surface area (Å²) in [6, 6.07) is 17.2. The second kappa shape index (κ2) is 10.5. The van der Waals surface area contributed by atoms with Gasteiger partial charge in [-0.1, -0.05) is 62.4 Å². The molecule has 0 aliphatic carbocycles. The third-order valence-electron chi connectivity index (χ3n) is 5.88. The Kier molecular flexibility index (Phi) is 7.78. The number of piperazine rings is 1. The van der Waals surface area contributed by atoms with Crippen LogP contribution in [0, 0.1) is 11.7 Å². The lowest BCUT2D eigenvalue weighted by atomic mass is 9.99. The summed E-state index contributed by atoms with van der Waals surface area (Å²) in [6.07, 6.45) is 0.406. The van der Waals surface area contributed by atoms with Gasteiger partial charge < -0.3 is 10.2 Å². The first-order chi connectivity index (χ1) is 14.1. The largest absolute Gasteiger partial charge is 0.354 e. The highest BCUT2D eigenvalue weighted by atomic mass is 19.1. The van der Waals surface area contributed by atoms with Crippen molar-refractivity contribution in [2.45, 2.75) is 26.3 Å². The fourth-order valence-electron chi connectivity index (χ4n) is 3.98. The Morgan fingerprint density at radius 1 is 1.03 bits per heavy atom. The molecule has 1 fully saturated rings. The normalized spacial score (nSPS) is 17.6. The summed E-state index contributed by atoms with van der Waals surface area (Å²) >= 11 is 0. The number of likely N-dealkylation sites (N-methyl/N-ethyl adjacent to an activating group) is 1. The minimum absolute atomic E-state index is 0.0265. The molecule has 0 saturated carbocycles. The van der Waals surface area contributed by atoms with Crippen molar-refractivity contribution < 1.29 is 9.18 Å². The van der Waals surface area contributed by atoms with Crippen LogP contribution < -0.4 is 5.32 Å². The molecule has 3 rings (SSSR count). The third-order valence-corrected chi connectivity index (χ3v) is 5.88. The highest BCUT2D eigenvalue weighted by Gasteiger charge is 2.25. The summed E-state index contributed by atoms with van der Waals surface area (Å²) in [5.41, 5.74) is 1.81. The molecule has 29 heavy (non-hydrogen) atoms. The molecule has 1 amide bonds. The van der Waals surface area contributed by atoms with Gasteiger partial charge in [-0.3, -0.25) is 9.69 Å². The first-order valence-electron chi connectivity index (χ1n) is 10.6. The number of amides is 1. The molecule has 0 aromatic heterocycles. The van der Waals surface area contributed by atoms with Crippen LogP contribution in [0.4, 0.5) is 4.39 Å². The maximum absolute atomic E-state index is 13.9. The van der Waals surface area contributed by atoms with Crippen LogP contribution in [0.5, 0.6) is 0 Å². The predicted octanol–water partition coefficient (Wildman–Crippen LogP) is 3.50. The van der Waals surface area contributed by atoms with Crippen molar-refractivity contribution in [3.8, 4) is 0 Å². The molecule has 1 heterocycles. The lowest BCUT2D eigenvalue weighted by molar-refractivity contribution is -0.124. The summed E-state index contributed by atoms with van der Waals surface area (Å²) in [6.45, 7) is 9.79. The zero-order chi connectivity index (χ0) is 20.6. The van der Waals surface area contributed by atoms with E-state index in [0.717, 1.165) is 32.7 Å². The molecule has 5 heteroatoms. The van der Waals surface area contributed by atoms with Gasteiger partial charge in [0.2, 0.25) is 5.91 Å². The molecule has 1 aliphatic heterocycles. The monoisotopic (exact) mass is 397 g/mol. The van der Waals surface area contributed by atoms with Crippen LogP contribution in [0.15, 0.2) is 54.6 Å². The maximum atomic E-state index is 13.9. The van der Waals surface area contributed by atoms with Gasteiger partial charge in [-0.05, 0) is 30.2 Å². The minimum Gasteiger partial charge on any atom is -0.354 e. The summed E-state index contributed by atoms with van der Waals surface area (Å²) in [5.74, 6) is -0.551. The Morgan fingerprint density at radius 3 is 2.34 bits per heavy atom. The molecule has 0 bridgehead atoms. The van der Waals surface area contributed by atoms with Crippen molar-refractivity contribution in [3.63, 3.8) is 0 Å². The number of nitrogens with one attached hydrogen (secondary N) is 1. The predicted molar refractivity (Wildman–Crippen MR) is 115 cm³/mol. The van der Waals surface area contributed by atoms with Crippen molar-refractivity contribution in [1.82, 2.24) is 15.1 Å². The van der Waals surface area contributed by atoms with E-state index in [1.54, 1.807) is 12.1 Å². The van der Waals surface area contributed by atoms with Crippen LogP contribution in [0.25, 0.3) is 0 Å². The Hall–Kier alpha value is -2.24. The van der Waals surface area contributed by atoms with Crippen molar-refractivity contribution in [3.05, 3.63) is 71.5 Å². The van der Waals surface area contributed by atoms with Gasteiger partial charge in [0.15, 0.2) is 0 Å². The van der Waals surface area contributed by atoms with Gasteiger partial charge in [0, 0.05) is 38.6 Å².